The number of rotatable bonds is 1. The van der Waals surface area contributed by atoms with Crippen LogP contribution < -0.4 is 10.8 Å². The van der Waals surface area contributed by atoms with E-state index in [2.05, 4.69) is 10.8 Å². The van der Waals surface area contributed by atoms with Crippen LogP contribution in [0, 0.1) is 0 Å². The second-order valence-electron chi connectivity index (χ2n) is 3.41. The lowest BCUT2D eigenvalue weighted by atomic mass is 9.94. The summed E-state index contributed by atoms with van der Waals surface area (Å²) in [6, 6.07) is 0. The molecule has 1 saturated heterocycles. The first kappa shape index (κ1) is 8.52. The van der Waals surface area contributed by atoms with Gasteiger partial charge in [-0.2, -0.15) is 0 Å². The molecule has 1 unspecified atom stereocenters. The van der Waals surface area contributed by atoms with Crippen LogP contribution in [0.1, 0.15) is 12.8 Å². The van der Waals surface area contributed by atoms with E-state index in [1.165, 1.54) is 0 Å². The minimum Gasteiger partial charge on any atom is -0.477 e. The highest BCUT2D eigenvalue weighted by molar-refractivity contribution is 5.86. The Morgan fingerprint density at radius 1 is 1.69 bits per heavy atom. The van der Waals surface area contributed by atoms with Crippen LogP contribution in [0.2, 0.25) is 0 Å². The molecule has 72 valence electrons. The zero-order chi connectivity index (χ0) is 9.31. The van der Waals surface area contributed by atoms with E-state index in [-0.39, 0.29) is 5.70 Å². The van der Waals surface area contributed by atoms with Crippen molar-refractivity contribution in [2.24, 2.45) is 0 Å². The molecule has 1 spiro atoms. The molecule has 2 rings (SSSR count). The first-order valence-corrected chi connectivity index (χ1v) is 4.33. The van der Waals surface area contributed by atoms with Crippen molar-refractivity contribution >= 4 is 5.97 Å². The first-order valence-electron chi connectivity index (χ1n) is 4.33. The van der Waals surface area contributed by atoms with Gasteiger partial charge in [0.05, 0.1) is 0 Å². The van der Waals surface area contributed by atoms with Gasteiger partial charge in [-0.05, 0) is 25.5 Å². The number of carboxylic acid groups (broad SMARTS) is 1. The van der Waals surface area contributed by atoms with E-state index in [4.69, 9.17) is 9.94 Å². The summed E-state index contributed by atoms with van der Waals surface area (Å²) in [7, 11) is 0. The molecule has 1 fully saturated rings. The summed E-state index contributed by atoms with van der Waals surface area (Å²) >= 11 is 0. The van der Waals surface area contributed by atoms with Gasteiger partial charge in [-0.15, -0.1) is 0 Å². The molecule has 0 aliphatic carbocycles. The molecule has 0 bridgehead atoms. The highest BCUT2D eigenvalue weighted by Gasteiger charge is 2.37. The molecule has 0 amide bonds. The van der Waals surface area contributed by atoms with Gasteiger partial charge in [0.2, 0.25) is 0 Å². The van der Waals surface area contributed by atoms with Crippen LogP contribution in [-0.4, -0.2) is 29.8 Å². The van der Waals surface area contributed by atoms with Gasteiger partial charge in [0.25, 0.3) is 0 Å². The highest BCUT2D eigenvalue weighted by atomic mass is 16.7. The fourth-order valence-electron chi connectivity index (χ4n) is 1.70. The molecule has 0 radical (unpaired) electrons. The lowest BCUT2D eigenvalue weighted by Crippen LogP contribution is -2.45. The minimum atomic E-state index is -0.970. The van der Waals surface area contributed by atoms with Crippen molar-refractivity contribution in [2.45, 2.75) is 18.4 Å². The number of hydroxylamine groups is 1. The Morgan fingerprint density at radius 3 is 3.08 bits per heavy atom. The predicted octanol–water partition coefficient (Wildman–Crippen LogP) is -0.388. The predicted molar refractivity (Wildman–Crippen MR) is 44.8 cm³/mol. The molecule has 0 aromatic rings. The smallest absolute Gasteiger partial charge is 0.354 e. The third-order valence-electron chi connectivity index (χ3n) is 2.38. The minimum absolute atomic E-state index is 0.142. The molecule has 13 heavy (non-hydrogen) atoms. The monoisotopic (exact) mass is 184 g/mol. The molecule has 0 aromatic carbocycles. The fourth-order valence-corrected chi connectivity index (χ4v) is 1.70. The van der Waals surface area contributed by atoms with E-state index in [0.717, 1.165) is 19.4 Å². The zero-order valence-electron chi connectivity index (χ0n) is 7.17. The van der Waals surface area contributed by atoms with Crippen LogP contribution in [0.3, 0.4) is 0 Å². The number of piperidine rings is 1. The molecule has 0 aromatic heterocycles. The Hall–Kier alpha value is -1.07. The summed E-state index contributed by atoms with van der Waals surface area (Å²) in [5.41, 5.74) is 2.14. The maximum Gasteiger partial charge on any atom is 0.354 e. The number of aliphatic carboxylic acids is 1. The highest BCUT2D eigenvalue weighted by Crippen LogP contribution is 2.26. The molecular formula is C8H12N2O3. The number of hydrogen-bond donors (Lipinski definition) is 3. The molecular weight excluding hydrogens is 172 g/mol. The summed E-state index contributed by atoms with van der Waals surface area (Å²) in [4.78, 5) is 15.9. The quantitative estimate of drug-likeness (QED) is 0.518. The maximum absolute atomic E-state index is 10.6. The van der Waals surface area contributed by atoms with Crippen LogP contribution >= 0.6 is 0 Å². The van der Waals surface area contributed by atoms with Crippen molar-refractivity contribution in [3.63, 3.8) is 0 Å². The molecule has 5 heteroatoms. The number of carbonyl (C=O) groups is 1. The van der Waals surface area contributed by atoms with Gasteiger partial charge >= 0.3 is 5.97 Å². The van der Waals surface area contributed by atoms with E-state index in [0.29, 0.717) is 6.54 Å². The average Bonchev–Trinajstić information content (AvgIpc) is 2.51. The van der Waals surface area contributed by atoms with Crippen LogP contribution in [0.25, 0.3) is 0 Å². The average molecular weight is 184 g/mol. The second-order valence-corrected chi connectivity index (χ2v) is 3.41. The van der Waals surface area contributed by atoms with Gasteiger partial charge in [0, 0.05) is 6.54 Å². The lowest BCUT2D eigenvalue weighted by molar-refractivity contribution is -0.134. The van der Waals surface area contributed by atoms with E-state index in [1.807, 2.05) is 0 Å². The van der Waals surface area contributed by atoms with Crippen molar-refractivity contribution < 1.29 is 14.7 Å². The van der Waals surface area contributed by atoms with Crippen LogP contribution in [0.15, 0.2) is 11.8 Å². The van der Waals surface area contributed by atoms with Gasteiger partial charge in [-0.25, -0.2) is 4.79 Å². The molecule has 1 atom stereocenters. The van der Waals surface area contributed by atoms with Crippen LogP contribution in [-0.2, 0) is 9.63 Å². The number of hydrogen-bond acceptors (Lipinski definition) is 4. The molecule has 5 nitrogen and oxygen atoms in total. The summed E-state index contributed by atoms with van der Waals surface area (Å²) in [5, 5.41) is 11.9. The van der Waals surface area contributed by atoms with Crippen molar-refractivity contribution in [1.82, 2.24) is 10.8 Å². The van der Waals surface area contributed by atoms with Gasteiger partial charge in [-0.3, -0.25) is 10.3 Å². The number of nitrogens with one attached hydrogen (secondary N) is 2. The van der Waals surface area contributed by atoms with E-state index in [1.54, 1.807) is 6.08 Å². The summed E-state index contributed by atoms with van der Waals surface area (Å²) in [6.45, 7) is 1.65. The second kappa shape index (κ2) is 3.01. The maximum atomic E-state index is 10.6. The summed E-state index contributed by atoms with van der Waals surface area (Å²) < 4.78 is 0. The normalized spacial score (nSPS) is 32.8. The molecule has 2 aliphatic heterocycles. The Morgan fingerprint density at radius 2 is 2.54 bits per heavy atom. The third kappa shape index (κ3) is 1.52. The molecule has 2 aliphatic rings. The Kier molecular flexibility index (Phi) is 1.97. The fraction of sp³-hybridized carbons (Fsp3) is 0.625. The van der Waals surface area contributed by atoms with Crippen molar-refractivity contribution in [1.29, 1.82) is 0 Å². The third-order valence-corrected chi connectivity index (χ3v) is 2.38. The topological polar surface area (TPSA) is 70.6 Å². The molecule has 3 N–H and O–H groups in total. The standard InChI is InChI=1S/C8H12N2O3/c11-7(12)6-4-8(13-10-6)2-1-3-9-5-8/h4,9-10H,1-3,5H2,(H,11,12). The van der Waals surface area contributed by atoms with Crippen molar-refractivity contribution in [2.75, 3.05) is 13.1 Å². The van der Waals surface area contributed by atoms with Crippen molar-refractivity contribution in [3.05, 3.63) is 11.8 Å². The summed E-state index contributed by atoms with van der Waals surface area (Å²) in [5.74, 6) is -0.970. The van der Waals surface area contributed by atoms with Crippen LogP contribution in [0.4, 0.5) is 0 Å². The first-order chi connectivity index (χ1) is 6.22. The SMILES string of the molecule is O=C(O)C1=CC2(CCCNC2)ON1. The molecule has 2 heterocycles. The largest absolute Gasteiger partial charge is 0.477 e. The van der Waals surface area contributed by atoms with Crippen molar-refractivity contribution in [3.8, 4) is 0 Å². The lowest BCUT2D eigenvalue weighted by Gasteiger charge is -2.29. The van der Waals surface area contributed by atoms with E-state index >= 15 is 0 Å². The van der Waals surface area contributed by atoms with Gasteiger partial charge in [0.15, 0.2) is 0 Å². The Bertz CT molecular complexity index is 256. The van der Waals surface area contributed by atoms with E-state index in [9.17, 15) is 4.79 Å². The van der Waals surface area contributed by atoms with Crippen LogP contribution in [0.5, 0.6) is 0 Å². The Labute approximate surface area is 75.7 Å². The molecule has 0 saturated carbocycles. The van der Waals surface area contributed by atoms with E-state index < -0.39 is 11.6 Å². The Balaban J connectivity index is 2.13. The zero-order valence-corrected chi connectivity index (χ0v) is 7.17. The van der Waals surface area contributed by atoms with Gasteiger partial charge in [0.1, 0.15) is 11.3 Å². The van der Waals surface area contributed by atoms with Gasteiger partial charge < -0.3 is 10.4 Å². The number of carboxylic acids is 1. The van der Waals surface area contributed by atoms with Gasteiger partial charge in [-0.1, -0.05) is 0 Å². The summed E-state index contributed by atoms with van der Waals surface area (Å²) in [6.07, 6.45) is 3.52.